The zero-order valence-corrected chi connectivity index (χ0v) is 8.95. The molecule has 16 heavy (non-hydrogen) atoms. The van der Waals surface area contributed by atoms with Crippen LogP contribution in [0.2, 0.25) is 0 Å². The van der Waals surface area contributed by atoms with Crippen molar-refractivity contribution in [3.8, 4) is 0 Å². The molecule has 0 bridgehead atoms. The fraction of sp³-hybridized carbons (Fsp3) is 0.364. The van der Waals surface area contributed by atoms with Gasteiger partial charge in [-0.1, -0.05) is 12.1 Å². The number of likely N-dealkylation sites (N-methyl/N-ethyl adjacent to an activating group) is 1. The van der Waals surface area contributed by atoms with E-state index in [-0.39, 0.29) is 6.04 Å². The Morgan fingerprint density at radius 3 is 2.94 bits per heavy atom. The van der Waals surface area contributed by atoms with Crippen LogP contribution in [0.5, 0.6) is 0 Å². The standard InChI is InChI=1S/C11H13F2N3/c1-2-16-9(6-15-11(16)14)7-4-3-5-8(12)10(7)13/h3-5,9H,2,6H2,1H3,(H2,14,15). The van der Waals surface area contributed by atoms with Gasteiger partial charge in [0, 0.05) is 12.1 Å². The summed E-state index contributed by atoms with van der Waals surface area (Å²) in [5, 5.41) is 0. The van der Waals surface area contributed by atoms with Gasteiger partial charge < -0.3 is 10.6 Å². The van der Waals surface area contributed by atoms with Gasteiger partial charge in [0.25, 0.3) is 0 Å². The van der Waals surface area contributed by atoms with Crippen molar-refractivity contribution in [2.24, 2.45) is 10.7 Å². The summed E-state index contributed by atoms with van der Waals surface area (Å²) < 4.78 is 26.7. The van der Waals surface area contributed by atoms with Gasteiger partial charge in [0.15, 0.2) is 17.6 Å². The second kappa shape index (κ2) is 4.08. The molecule has 0 saturated heterocycles. The molecule has 1 heterocycles. The number of hydrogen-bond acceptors (Lipinski definition) is 3. The van der Waals surface area contributed by atoms with Crippen LogP contribution in [-0.2, 0) is 0 Å². The van der Waals surface area contributed by atoms with Crippen molar-refractivity contribution in [3.63, 3.8) is 0 Å². The summed E-state index contributed by atoms with van der Waals surface area (Å²) in [5.74, 6) is -1.26. The fourth-order valence-electron chi connectivity index (χ4n) is 1.96. The fourth-order valence-corrected chi connectivity index (χ4v) is 1.96. The highest BCUT2D eigenvalue weighted by molar-refractivity contribution is 5.80. The number of hydrogen-bond donors (Lipinski definition) is 1. The Labute approximate surface area is 92.6 Å². The van der Waals surface area contributed by atoms with Gasteiger partial charge in [-0.25, -0.2) is 8.78 Å². The Morgan fingerprint density at radius 1 is 1.50 bits per heavy atom. The first-order chi connectivity index (χ1) is 7.65. The van der Waals surface area contributed by atoms with E-state index >= 15 is 0 Å². The second-order valence-corrected chi connectivity index (χ2v) is 3.64. The van der Waals surface area contributed by atoms with Crippen LogP contribution in [0.4, 0.5) is 8.78 Å². The molecule has 1 atom stereocenters. The second-order valence-electron chi connectivity index (χ2n) is 3.64. The van der Waals surface area contributed by atoms with Crippen LogP contribution in [0.1, 0.15) is 18.5 Å². The minimum atomic E-state index is -0.834. The Kier molecular flexibility index (Phi) is 2.77. The molecule has 86 valence electrons. The highest BCUT2D eigenvalue weighted by atomic mass is 19.2. The lowest BCUT2D eigenvalue weighted by atomic mass is 10.1. The van der Waals surface area contributed by atoms with Gasteiger partial charge in [0.1, 0.15) is 0 Å². The molecule has 0 radical (unpaired) electrons. The van der Waals surface area contributed by atoms with Crippen LogP contribution in [0.3, 0.4) is 0 Å². The lowest BCUT2D eigenvalue weighted by Crippen LogP contribution is -2.36. The number of aliphatic imine (C=N–C) groups is 1. The van der Waals surface area contributed by atoms with Crippen LogP contribution >= 0.6 is 0 Å². The summed E-state index contributed by atoms with van der Waals surface area (Å²) >= 11 is 0. The summed E-state index contributed by atoms with van der Waals surface area (Å²) in [6.45, 7) is 2.90. The van der Waals surface area contributed by atoms with Crippen molar-refractivity contribution >= 4 is 5.96 Å². The van der Waals surface area contributed by atoms with Crippen molar-refractivity contribution in [2.45, 2.75) is 13.0 Å². The average molecular weight is 225 g/mol. The largest absolute Gasteiger partial charge is 0.370 e. The van der Waals surface area contributed by atoms with Crippen molar-refractivity contribution in [1.29, 1.82) is 0 Å². The molecule has 0 aromatic heterocycles. The molecule has 1 unspecified atom stereocenters. The minimum Gasteiger partial charge on any atom is -0.370 e. The zero-order valence-electron chi connectivity index (χ0n) is 8.95. The van der Waals surface area contributed by atoms with Gasteiger partial charge in [-0.15, -0.1) is 0 Å². The number of benzene rings is 1. The number of guanidine groups is 1. The topological polar surface area (TPSA) is 41.6 Å². The molecule has 0 amide bonds. The van der Waals surface area contributed by atoms with E-state index < -0.39 is 11.6 Å². The third-order valence-electron chi connectivity index (χ3n) is 2.78. The van der Waals surface area contributed by atoms with Crippen LogP contribution in [0.25, 0.3) is 0 Å². The van der Waals surface area contributed by atoms with Crippen LogP contribution < -0.4 is 5.73 Å². The molecule has 1 aliphatic rings. The molecule has 5 heteroatoms. The smallest absolute Gasteiger partial charge is 0.191 e. The molecule has 1 aromatic carbocycles. The highest BCUT2D eigenvalue weighted by Crippen LogP contribution is 2.28. The first-order valence-electron chi connectivity index (χ1n) is 5.15. The molecule has 0 spiro atoms. The van der Waals surface area contributed by atoms with E-state index in [0.29, 0.717) is 24.6 Å². The first-order valence-corrected chi connectivity index (χ1v) is 5.15. The molecule has 0 saturated carbocycles. The summed E-state index contributed by atoms with van der Waals surface area (Å²) in [6, 6.07) is 3.88. The Balaban J connectivity index is 2.36. The molecular formula is C11H13F2N3. The van der Waals surface area contributed by atoms with E-state index in [1.165, 1.54) is 6.07 Å². The van der Waals surface area contributed by atoms with Crippen molar-refractivity contribution < 1.29 is 8.78 Å². The van der Waals surface area contributed by atoms with Gasteiger partial charge >= 0.3 is 0 Å². The monoisotopic (exact) mass is 225 g/mol. The summed E-state index contributed by atoms with van der Waals surface area (Å²) in [7, 11) is 0. The minimum absolute atomic E-state index is 0.291. The predicted molar refractivity (Wildman–Crippen MR) is 58.0 cm³/mol. The van der Waals surface area contributed by atoms with E-state index in [1.807, 2.05) is 6.92 Å². The van der Waals surface area contributed by atoms with Gasteiger partial charge in [0.2, 0.25) is 0 Å². The van der Waals surface area contributed by atoms with Crippen molar-refractivity contribution in [2.75, 3.05) is 13.1 Å². The first kappa shape index (κ1) is 10.9. The zero-order chi connectivity index (χ0) is 11.7. The van der Waals surface area contributed by atoms with Crippen LogP contribution in [0, 0.1) is 11.6 Å². The lowest BCUT2D eigenvalue weighted by Gasteiger charge is -2.25. The Hall–Kier alpha value is -1.65. The Morgan fingerprint density at radius 2 is 2.25 bits per heavy atom. The number of nitrogens with zero attached hydrogens (tertiary/aromatic N) is 2. The molecule has 1 aliphatic heterocycles. The molecule has 2 N–H and O–H groups in total. The Bertz CT molecular complexity index is 431. The maximum absolute atomic E-state index is 13.6. The molecule has 1 aromatic rings. The van der Waals surface area contributed by atoms with Crippen molar-refractivity contribution in [3.05, 3.63) is 35.4 Å². The molecule has 2 rings (SSSR count). The highest BCUT2D eigenvalue weighted by Gasteiger charge is 2.28. The van der Waals surface area contributed by atoms with E-state index in [2.05, 4.69) is 4.99 Å². The molecular weight excluding hydrogens is 212 g/mol. The maximum atomic E-state index is 13.6. The van der Waals surface area contributed by atoms with Crippen LogP contribution in [0.15, 0.2) is 23.2 Å². The number of halogens is 2. The van der Waals surface area contributed by atoms with E-state index in [9.17, 15) is 8.78 Å². The average Bonchev–Trinajstić information content (AvgIpc) is 2.63. The quantitative estimate of drug-likeness (QED) is 0.831. The third-order valence-corrected chi connectivity index (χ3v) is 2.78. The third kappa shape index (κ3) is 1.62. The SMILES string of the molecule is CCN1C(N)=NCC1c1cccc(F)c1F. The van der Waals surface area contributed by atoms with Crippen LogP contribution in [-0.4, -0.2) is 23.9 Å². The van der Waals surface area contributed by atoms with Gasteiger partial charge in [-0.3, -0.25) is 4.99 Å². The number of nitrogens with two attached hydrogens (primary N) is 1. The maximum Gasteiger partial charge on any atom is 0.191 e. The van der Waals surface area contributed by atoms with E-state index in [0.717, 1.165) is 6.07 Å². The normalized spacial score (nSPS) is 20.1. The lowest BCUT2D eigenvalue weighted by molar-refractivity contribution is 0.349. The van der Waals surface area contributed by atoms with E-state index in [1.54, 1.807) is 11.0 Å². The summed E-state index contributed by atoms with van der Waals surface area (Å²) in [5.41, 5.74) is 5.98. The van der Waals surface area contributed by atoms with E-state index in [4.69, 9.17) is 5.73 Å². The molecule has 0 aliphatic carbocycles. The van der Waals surface area contributed by atoms with Gasteiger partial charge in [-0.05, 0) is 13.0 Å². The number of rotatable bonds is 2. The predicted octanol–water partition coefficient (Wildman–Crippen LogP) is 1.66. The van der Waals surface area contributed by atoms with Gasteiger partial charge in [-0.2, -0.15) is 0 Å². The van der Waals surface area contributed by atoms with Gasteiger partial charge in [0.05, 0.1) is 12.6 Å². The van der Waals surface area contributed by atoms with Crippen molar-refractivity contribution in [1.82, 2.24) is 4.90 Å². The summed E-state index contributed by atoms with van der Waals surface area (Å²) in [6.07, 6.45) is 0. The molecule has 3 nitrogen and oxygen atoms in total. The summed E-state index contributed by atoms with van der Waals surface area (Å²) in [4.78, 5) is 5.81. The molecule has 0 fully saturated rings.